The zero-order valence-electron chi connectivity index (χ0n) is 6.22. The number of ether oxygens (including phenoxy) is 1. The van der Waals surface area contributed by atoms with Crippen LogP contribution in [-0.2, 0) is 9.53 Å². The second-order valence-corrected chi connectivity index (χ2v) is 2.06. The van der Waals surface area contributed by atoms with Gasteiger partial charge < -0.3 is 10.5 Å². The van der Waals surface area contributed by atoms with Gasteiger partial charge in [-0.3, -0.25) is 4.79 Å². The monoisotopic (exact) mass is 143 g/mol. The van der Waals surface area contributed by atoms with Crippen LogP contribution in [0.3, 0.4) is 0 Å². The molecule has 0 rings (SSSR count). The molecule has 0 aliphatic heterocycles. The fourth-order valence-electron chi connectivity index (χ4n) is 0.553. The zero-order chi connectivity index (χ0) is 7.98. The molecule has 0 unspecified atom stereocenters. The Labute approximate surface area is 60.9 Å². The number of amides is 1. The highest BCUT2D eigenvalue weighted by atomic mass is 16.5. The summed E-state index contributed by atoms with van der Waals surface area (Å²) in [6.45, 7) is 4.14. The minimum Gasteiger partial charge on any atom is -0.385 e. The molecule has 0 aliphatic rings. The van der Waals surface area contributed by atoms with E-state index in [1.165, 1.54) is 0 Å². The smallest absolute Gasteiger partial charge is 0.244 e. The van der Waals surface area contributed by atoms with Crippen molar-refractivity contribution in [3.63, 3.8) is 0 Å². The molecule has 0 heterocycles. The quantitative estimate of drug-likeness (QED) is 0.449. The number of primary amides is 1. The number of rotatable bonds is 5. The summed E-state index contributed by atoms with van der Waals surface area (Å²) in [4.78, 5) is 10.4. The lowest BCUT2D eigenvalue weighted by molar-refractivity contribution is -0.114. The minimum absolute atomic E-state index is 0.420. The summed E-state index contributed by atoms with van der Waals surface area (Å²) in [6.07, 6.45) is 1.43. The van der Waals surface area contributed by atoms with Crippen molar-refractivity contribution in [1.82, 2.24) is 0 Å². The van der Waals surface area contributed by atoms with Crippen LogP contribution in [0.2, 0.25) is 0 Å². The standard InChI is InChI=1S/C7H13NO2/c1-6(7(8)9)4-3-5-10-2/h1,3-5H2,2H3,(H2,8,9). The van der Waals surface area contributed by atoms with Crippen LogP contribution in [0.1, 0.15) is 12.8 Å². The van der Waals surface area contributed by atoms with Gasteiger partial charge in [-0.2, -0.15) is 0 Å². The van der Waals surface area contributed by atoms with Gasteiger partial charge in [0.15, 0.2) is 0 Å². The van der Waals surface area contributed by atoms with E-state index in [9.17, 15) is 4.79 Å². The third kappa shape index (κ3) is 4.09. The summed E-state index contributed by atoms with van der Waals surface area (Å²) in [7, 11) is 1.62. The molecule has 0 fully saturated rings. The van der Waals surface area contributed by atoms with Gasteiger partial charge in [0.1, 0.15) is 0 Å². The van der Waals surface area contributed by atoms with Crippen LogP contribution in [0.15, 0.2) is 12.2 Å². The normalized spacial score (nSPS) is 9.30. The van der Waals surface area contributed by atoms with Crippen LogP contribution >= 0.6 is 0 Å². The highest BCUT2D eigenvalue weighted by Gasteiger charge is 1.99. The molecule has 3 heteroatoms. The Morgan fingerprint density at radius 2 is 2.30 bits per heavy atom. The Morgan fingerprint density at radius 1 is 1.70 bits per heavy atom. The molecule has 0 bridgehead atoms. The first-order valence-corrected chi connectivity index (χ1v) is 3.15. The Hall–Kier alpha value is -0.830. The predicted molar refractivity (Wildman–Crippen MR) is 39.4 cm³/mol. The van der Waals surface area contributed by atoms with Crippen LogP contribution in [-0.4, -0.2) is 19.6 Å². The average molecular weight is 143 g/mol. The van der Waals surface area contributed by atoms with Gasteiger partial charge in [-0.25, -0.2) is 0 Å². The van der Waals surface area contributed by atoms with Crippen LogP contribution in [0.4, 0.5) is 0 Å². The van der Waals surface area contributed by atoms with E-state index in [4.69, 9.17) is 10.5 Å². The van der Waals surface area contributed by atoms with E-state index in [1.54, 1.807) is 7.11 Å². The highest BCUT2D eigenvalue weighted by Crippen LogP contribution is 2.00. The van der Waals surface area contributed by atoms with Gasteiger partial charge in [0.25, 0.3) is 0 Å². The molecule has 0 aromatic rings. The van der Waals surface area contributed by atoms with Crippen molar-refractivity contribution in [2.24, 2.45) is 5.73 Å². The van der Waals surface area contributed by atoms with Gasteiger partial charge in [0.05, 0.1) is 0 Å². The Kier molecular flexibility index (Phi) is 4.58. The number of carbonyl (C=O) groups is 1. The highest BCUT2D eigenvalue weighted by molar-refractivity contribution is 5.91. The molecule has 2 N–H and O–H groups in total. The maximum absolute atomic E-state index is 10.4. The first kappa shape index (κ1) is 9.17. The molecule has 0 aromatic carbocycles. The maximum atomic E-state index is 10.4. The summed E-state index contributed by atoms with van der Waals surface area (Å²) in [5.74, 6) is -0.420. The van der Waals surface area contributed by atoms with Crippen molar-refractivity contribution in [3.8, 4) is 0 Å². The lowest BCUT2D eigenvalue weighted by Gasteiger charge is -1.98. The maximum Gasteiger partial charge on any atom is 0.244 e. The topological polar surface area (TPSA) is 52.3 Å². The van der Waals surface area contributed by atoms with E-state index in [1.807, 2.05) is 0 Å². The molecule has 0 aromatic heterocycles. The summed E-state index contributed by atoms with van der Waals surface area (Å²) in [5, 5.41) is 0. The molecular weight excluding hydrogens is 130 g/mol. The number of nitrogens with two attached hydrogens (primary N) is 1. The van der Waals surface area contributed by atoms with E-state index in [0.29, 0.717) is 18.6 Å². The van der Waals surface area contributed by atoms with Gasteiger partial charge in [-0.15, -0.1) is 0 Å². The second-order valence-electron chi connectivity index (χ2n) is 2.06. The van der Waals surface area contributed by atoms with Gasteiger partial charge in [-0.05, 0) is 12.8 Å². The Bertz CT molecular complexity index is 132. The number of methoxy groups -OCH3 is 1. The molecule has 3 nitrogen and oxygen atoms in total. The molecule has 58 valence electrons. The van der Waals surface area contributed by atoms with Crippen LogP contribution in [0, 0.1) is 0 Å². The lowest BCUT2D eigenvalue weighted by atomic mass is 10.2. The number of hydrogen-bond acceptors (Lipinski definition) is 2. The molecule has 0 saturated heterocycles. The van der Waals surface area contributed by atoms with E-state index in [0.717, 1.165) is 6.42 Å². The molecule has 0 atom stereocenters. The third-order valence-electron chi connectivity index (χ3n) is 1.18. The fourth-order valence-corrected chi connectivity index (χ4v) is 0.553. The van der Waals surface area contributed by atoms with E-state index < -0.39 is 5.91 Å². The summed E-state index contributed by atoms with van der Waals surface area (Å²) >= 11 is 0. The van der Waals surface area contributed by atoms with E-state index in [-0.39, 0.29) is 0 Å². The molecule has 1 amide bonds. The largest absolute Gasteiger partial charge is 0.385 e. The number of hydrogen-bond donors (Lipinski definition) is 1. The van der Waals surface area contributed by atoms with Gasteiger partial charge in [0, 0.05) is 19.3 Å². The molecule has 0 radical (unpaired) electrons. The third-order valence-corrected chi connectivity index (χ3v) is 1.18. The van der Waals surface area contributed by atoms with Gasteiger partial charge in [-0.1, -0.05) is 6.58 Å². The SMILES string of the molecule is C=C(CCCOC)C(N)=O. The first-order valence-electron chi connectivity index (χ1n) is 3.15. The zero-order valence-corrected chi connectivity index (χ0v) is 6.22. The molecule has 10 heavy (non-hydrogen) atoms. The summed E-state index contributed by atoms with van der Waals surface area (Å²) < 4.78 is 4.78. The van der Waals surface area contributed by atoms with Crippen molar-refractivity contribution in [2.75, 3.05) is 13.7 Å². The van der Waals surface area contributed by atoms with Crippen molar-refractivity contribution in [1.29, 1.82) is 0 Å². The van der Waals surface area contributed by atoms with E-state index >= 15 is 0 Å². The van der Waals surface area contributed by atoms with Crippen molar-refractivity contribution >= 4 is 5.91 Å². The summed E-state index contributed by atoms with van der Waals surface area (Å²) in [6, 6.07) is 0. The Balaban J connectivity index is 3.31. The van der Waals surface area contributed by atoms with Crippen molar-refractivity contribution in [2.45, 2.75) is 12.8 Å². The van der Waals surface area contributed by atoms with Crippen LogP contribution in [0.5, 0.6) is 0 Å². The van der Waals surface area contributed by atoms with Crippen molar-refractivity contribution < 1.29 is 9.53 Å². The molecule has 0 spiro atoms. The first-order chi connectivity index (χ1) is 4.68. The average Bonchev–Trinajstić information content (AvgIpc) is 1.88. The second kappa shape index (κ2) is 4.99. The van der Waals surface area contributed by atoms with E-state index in [2.05, 4.69) is 6.58 Å². The van der Waals surface area contributed by atoms with Crippen LogP contribution in [0.25, 0.3) is 0 Å². The minimum atomic E-state index is -0.420. The molecule has 0 saturated carbocycles. The Morgan fingerprint density at radius 3 is 2.70 bits per heavy atom. The van der Waals surface area contributed by atoms with Gasteiger partial charge >= 0.3 is 0 Å². The number of carbonyl (C=O) groups excluding carboxylic acids is 1. The summed E-state index contributed by atoms with van der Waals surface area (Å²) in [5.41, 5.74) is 5.41. The van der Waals surface area contributed by atoms with Gasteiger partial charge in [0.2, 0.25) is 5.91 Å². The molecular formula is C7H13NO2. The fraction of sp³-hybridized carbons (Fsp3) is 0.571. The molecule has 0 aliphatic carbocycles. The van der Waals surface area contributed by atoms with Crippen LogP contribution < -0.4 is 5.73 Å². The van der Waals surface area contributed by atoms with Crippen molar-refractivity contribution in [3.05, 3.63) is 12.2 Å². The lowest BCUT2D eigenvalue weighted by Crippen LogP contribution is -2.13. The predicted octanol–water partition coefficient (Wildman–Crippen LogP) is 0.455.